The summed E-state index contributed by atoms with van der Waals surface area (Å²) < 4.78 is 5.90. The third-order valence-corrected chi connectivity index (χ3v) is 4.80. The van der Waals surface area contributed by atoms with Crippen LogP contribution in [0.3, 0.4) is 0 Å². The van der Waals surface area contributed by atoms with Crippen LogP contribution < -0.4 is 11.1 Å². The first kappa shape index (κ1) is 16.4. The number of primary amides is 1. The van der Waals surface area contributed by atoms with E-state index in [0.717, 1.165) is 22.3 Å². The number of hydrogen-bond donors (Lipinski definition) is 2. The summed E-state index contributed by atoms with van der Waals surface area (Å²) >= 11 is 0. The quantitative estimate of drug-likeness (QED) is 0.907. The highest BCUT2D eigenvalue weighted by atomic mass is 16.3. The first-order valence-corrected chi connectivity index (χ1v) is 8.30. The fourth-order valence-corrected chi connectivity index (χ4v) is 3.32. The largest absolute Gasteiger partial charge is 0.459 e. The lowest BCUT2D eigenvalue weighted by atomic mass is 9.96. The minimum absolute atomic E-state index is 0.121. The molecule has 0 aliphatic carbocycles. The molecule has 0 bridgehead atoms. The molecule has 1 unspecified atom stereocenters. The van der Waals surface area contributed by atoms with Crippen molar-refractivity contribution in [3.8, 4) is 0 Å². The molecule has 1 aromatic heterocycles. The molecule has 6 heteroatoms. The number of carbonyl (C=O) groups is 2. The normalized spacial score (nSPS) is 17.0. The fraction of sp³-hybridized carbons (Fsp3) is 0.444. The zero-order chi connectivity index (χ0) is 17.3. The number of nitrogens with zero attached hydrogens (tertiary/aromatic N) is 1. The number of nitrogens with one attached hydrogen (secondary N) is 1. The molecule has 1 saturated heterocycles. The molecule has 2 heterocycles. The number of fused-ring (bicyclic) bond motifs is 1. The van der Waals surface area contributed by atoms with Gasteiger partial charge in [-0.05, 0) is 32.8 Å². The highest BCUT2D eigenvalue weighted by Gasteiger charge is 2.27. The van der Waals surface area contributed by atoms with Gasteiger partial charge >= 0.3 is 6.03 Å². The summed E-state index contributed by atoms with van der Waals surface area (Å²) in [4.78, 5) is 25.4. The zero-order valence-corrected chi connectivity index (χ0v) is 14.0. The number of rotatable bonds is 3. The third kappa shape index (κ3) is 3.09. The molecule has 1 aliphatic rings. The summed E-state index contributed by atoms with van der Waals surface area (Å²) in [7, 11) is 0. The van der Waals surface area contributed by atoms with Crippen molar-refractivity contribution in [1.29, 1.82) is 0 Å². The van der Waals surface area contributed by atoms with Crippen LogP contribution in [0.25, 0.3) is 11.0 Å². The summed E-state index contributed by atoms with van der Waals surface area (Å²) in [6.45, 7) is 5.01. The van der Waals surface area contributed by atoms with Crippen molar-refractivity contribution in [3.05, 3.63) is 35.6 Å². The molecule has 1 fully saturated rings. The molecule has 3 amide bonds. The first-order chi connectivity index (χ1) is 11.5. The zero-order valence-electron chi connectivity index (χ0n) is 14.0. The fourth-order valence-electron chi connectivity index (χ4n) is 3.32. The summed E-state index contributed by atoms with van der Waals surface area (Å²) in [6.07, 6.45) is 1.25. The average molecular weight is 329 g/mol. The minimum Gasteiger partial charge on any atom is -0.459 e. The molecule has 1 aliphatic heterocycles. The van der Waals surface area contributed by atoms with Crippen molar-refractivity contribution in [3.63, 3.8) is 0 Å². The summed E-state index contributed by atoms with van der Waals surface area (Å²) in [5.74, 6) is 0.377. The second-order valence-corrected chi connectivity index (χ2v) is 6.42. The van der Waals surface area contributed by atoms with Gasteiger partial charge in [0, 0.05) is 30.0 Å². The van der Waals surface area contributed by atoms with E-state index in [0.29, 0.717) is 25.9 Å². The average Bonchev–Trinajstić information content (AvgIpc) is 2.92. The molecule has 2 aromatic rings. The SMILES string of the molecule is Cc1c(C(C)NC(=O)N2CCC(C(N)=O)CC2)oc2ccccc12. The van der Waals surface area contributed by atoms with Crippen LogP contribution in [-0.2, 0) is 4.79 Å². The van der Waals surface area contributed by atoms with E-state index >= 15 is 0 Å². The van der Waals surface area contributed by atoms with Gasteiger partial charge in [0.05, 0.1) is 6.04 Å². The number of piperidine rings is 1. The van der Waals surface area contributed by atoms with Gasteiger partial charge in [-0.25, -0.2) is 4.79 Å². The number of furan rings is 1. The van der Waals surface area contributed by atoms with Crippen molar-refractivity contribution < 1.29 is 14.0 Å². The van der Waals surface area contributed by atoms with Gasteiger partial charge in [0.25, 0.3) is 0 Å². The number of benzene rings is 1. The highest BCUT2D eigenvalue weighted by molar-refractivity contribution is 5.82. The molecule has 1 aromatic carbocycles. The van der Waals surface area contributed by atoms with Crippen LogP contribution in [0.4, 0.5) is 4.79 Å². The van der Waals surface area contributed by atoms with E-state index in [1.54, 1.807) is 4.90 Å². The van der Waals surface area contributed by atoms with Crippen molar-refractivity contribution in [2.24, 2.45) is 11.7 Å². The van der Waals surface area contributed by atoms with Gasteiger partial charge in [-0.1, -0.05) is 18.2 Å². The van der Waals surface area contributed by atoms with Crippen molar-refractivity contribution in [2.45, 2.75) is 32.7 Å². The van der Waals surface area contributed by atoms with Gasteiger partial charge in [-0.3, -0.25) is 4.79 Å². The number of para-hydroxylation sites is 1. The Labute approximate surface area is 141 Å². The van der Waals surface area contributed by atoms with Crippen LogP contribution in [0.5, 0.6) is 0 Å². The standard InChI is InChI=1S/C18H23N3O3/c1-11-14-5-3-4-6-15(14)24-16(11)12(2)20-18(23)21-9-7-13(8-10-21)17(19)22/h3-6,12-13H,7-10H2,1-2H3,(H2,19,22)(H,20,23). The van der Waals surface area contributed by atoms with E-state index < -0.39 is 0 Å². The molecule has 0 spiro atoms. The van der Waals surface area contributed by atoms with Crippen LogP contribution in [0.15, 0.2) is 28.7 Å². The monoisotopic (exact) mass is 329 g/mol. The molecule has 0 radical (unpaired) electrons. The Bertz CT molecular complexity index is 760. The second kappa shape index (κ2) is 6.55. The molecule has 3 rings (SSSR count). The lowest BCUT2D eigenvalue weighted by Gasteiger charge is -2.31. The molecule has 0 saturated carbocycles. The molecular formula is C18H23N3O3. The predicted molar refractivity (Wildman–Crippen MR) is 91.4 cm³/mol. The Kier molecular flexibility index (Phi) is 4.46. The maximum Gasteiger partial charge on any atom is 0.317 e. The Balaban J connectivity index is 1.66. The molecule has 24 heavy (non-hydrogen) atoms. The molecular weight excluding hydrogens is 306 g/mol. The van der Waals surface area contributed by atoms with E-state index in [4.69, 9.17) is 10.2 Å². The molecule has 1 atom stereocenters. The Morgan fingerprint density at radius 1 is 1.29 bits per heavy atom. The molecule has 128 valence electrons. The Morgan fingerprint density at radius 2 is 1.96 bits per heavy atom. The highest BCUT2D eigenvalue weighted by Crippen LogP contribution is 2.29. The third-order valence-electron chi connectivity index (χ3n) is 4.80. The van der Waals surface area contributed by atoms with Gasteiger partial charge in [-0.2, -0.15) is 0 Å². The Hall–Kier alpha value is -2.50. The smallest absolute Gasteiger partial charge is 0.317 e. The van der Waals surface area contributed by atoms with Crippen molar-refractivity contribution in [2.75, 3.05) is 13.1 Å². The number of carbonyl (C=O) groups excluding carboxylic acids is 2. The number of amides is 3. The van der Waals surface area contributed by atoms with E-state index in [1.807, 2.05) is 38.1 Å². The predicted octanol–water partition coefficient (Wildman–Crippen LogP) is 2.71. The lowest BCUT2D eigenvalue weighted by molar-refractivity contribution is -0.123. The maximum atomic E-state index is 12.4. The van der Waals surface area contributed by atoms with Crippen LogP contribution in [0.1, 0.15) is 37.1 Å². The van der Waals surface area contributed by atoms with E-state index in [2.05, 4.69) is 5.32 Å². The summed E-state index contributed by atoms with van der Waals surface area (Å²) in [5, 5.41) is 4.05. The maximum absolute atomic E-state index is 12.4. The summed E-state index contributed by atoms with van der Waals surface area (Å²) in [6, 6.07) is 7.49. The van der Waals surface area contributed by atoms with Gasteiger partial charge in [0.15, 0.2) is 0 Å². The van der Waals surface area contributed by atoms with Crippen molar-refractivity contribution in [1.82, 2.24) is 10.2 Å². The first-order valence-electron chi connectivity index (χ1n) is 8.30. The van der Waals surface area contributed by atoms with Gasteiger partial charge in [0.2, 0.25) is 5.91 Å². The number of likely N-dealkylation sites (tertiary alicyclic amines) is 1. The minimum atomic E-state index is -0.277. The van der Waals surface area contributed by atoms with Crippen LogP contribution >= 0.6 is 0 Å². The molecule has 6 nitrogen and oxygen atoms in total. The molecule has 3 N–H and O–H groups in total. The van der Waals surface area contributed by atoms with Gasteiger partial charge in [0.1, 0.15) is 11.3 Å². The number of hydrogen-bond acceptors (Lipinski definition) is 3. The van der Waals surface area contributed by atoms with Gasteiger partial charge in [-0.15, -0.1) is 0 Å². The second-order valence-electron chi connectivity index (χ2n) is 6.42. The van der Waals surface area contributed by atoms with E-state index in [-0.39, 0.29) is 23.9 Å². The number of nitrogens with two attached hydrogens (primary N) is 1. The van der Waals surface area contributed by atoms with Crippen LogP contribution in [0, 0.1) is 12.8 Å². The number of aryl methyl sites for hydroxylation is 1. The Morgan fingerprint density at radius 3 is 2.58 bits per heavy atom. The van der Waals surface area contributed by atoms with Crippen LogP contribution in [-0.4, -0.2) is 29.9 Å². The lowest BCUT2D eigenvalue weighted by Crippen LogP contribution is -2.46. The van der Waals surface area contributed by atoms with Crippen molar-refractivity contribution >= 4 is 22.9 Å². The number of urea groups is 1. The van der Waals surface area contributed by atoms with Crippen LogP contribution in [0.2, 0.25) is 0 Å². The summed E-state index contributed by atoms with van der Waals surface area (Å²) in [5.41, 5.74) is 7.20. The van der Waals surface area contributed by atoms with Gasteiger partial charge < -0.3 is 20.4 Å². The van der Waals surface area contributed by atoms with E-state index in [9.17, 15) is 9.59 Å². The topological polar surface area (TPSA) is 88.6 Å². The van der Waals surface area contributed by atoms with E-state index in [1.165, 1.54) is 0 Å².